The molecule has 4 rings (SSSR count). The molecule has 0 saturated heterocycles. The van der Waals surface area contributed by atoms with E-state index < -0.39 is 0 Å². The highest BCUT2D eigenvalue weighted by atomic mass is 35.5. The summed E-state index contributed by atoms with van der Waals surface area (Å²) in [6.45, 7) is 0. The maximum Gasteiger partial charge on any atom is 0.284 e. The van der Waals surface area contributed by atoms with Gasteiger partial charge in [0.1, 0.15) is 5.69 Å². The first kappa shape index (κ1) is 12.8. The molecule has 2 aliphatic heterocycles. The highest BCUT2D eigenvalue weighted by molar-refractivity contribution is 7.12. The van der Waals surface area contributed by atoms with Gasteiger partial charge in [-0.25, -0.2) is 4.98 Å². The van der Waals surface area contributed by atoms with Crippen LogP contribution in [0.1, 0.15) is 0 Å². The Morgan fingerprint density at radius 3 is 3.00 bits per heavy atom. The number of hydrogen-bond acceptors (Lipinski definition) is 5. The molecule has 8 heteroatoms. The molecule has 0 aliphatic carbocycles. The Bertz CT molecular complexity index is 898. The van der Waals surface area contributed by atoms with Gasteiger partial charge >= 0.3 is 0 Å². The average molecular weight is 306 g/mol. The normalized spacial score (nSPS) is 10.8. The Morgan fingerprint density at radius 2 is 2.20 bits per heavy atom. The molecule has 2 aliphatic rings. The van der Waals surface area contributed by atoms with Crippen molar-refractivity contribution in [2.45, 2.75) is 0 Å². The van der Waals surface area contributed by atoms with Crippen molar-refractivity contribution in [2.75, 3.05) is 0 Å². The molecule has 20 heavy (non-hydrogen) atoms. The number of pyridine rings is 2. The van der Waals surface area contributed by atoms with Crippen LogP contribution in [0.5, 0.6) is 0 Å². The standard InChI is InChI=1S/C12H7N5OS.ClH/c18-11-8-6-15-9-1-2-13-5-7(9)10(8)16-17(11)12-14-3-4-19-12;/h1-6,15H;1H. The fourth-order valence-electron chi connectivity index (χ4n) is 2.05. The zero-order chi connectivity index (χ0) is 12.8. The van der Waals surface area contributed by atoms with Gasteiger partial charge in [0.15, 0.2) is 0 Å². The second-order valence-corrected chi connectivity index (χ2v) is 4.88. The Hall–Kier alpha value is -2.25. The maximum absolute atomic E-state index is 12.3. The summed E-state index contributed by atoms with van der Waals surface area (Å²) in [7, 11) is 0. The van der Waals surface area contributed by atoms with Gasteiger partial charge in [-0.15, -0.1) is 23.7 Å². The number of aromatic nitrogens is 5. The molecular weight excluding hydrogens is 298 g/mol. The van der Waals surface area contributed by atoms with Crippen LogP contribution in [-0.2, 0) is 0 Å². The monoisotopic (exact) mass is 305 g/mol. The third kappa shape index (κ3) is 1.71. The van der Waals surface area contributed by atoms with E-state index in [1.54, 1.807) is 24.8 Å². The minimum absolute atomic E-state index is 0. The molecule has 100 valence electrons. The molecule has 0 atom stereocenters. The lowest BCUT2D eigenvalue weighted by molar-refractivity contribution is 0.849. The van der Waals surface area contributed by atoms with Crippen molar-refractivity contribution >= 4 is 34.6 Å². The molecule has 0 amide bonds. The van der Waals surface area contributed by atoms with Crippen LogP contribution in [0.15, 0.2) is 41.0 Å². The number of rotatable bonds is 1. The van der Waals surface area contributed by atoms with Crippen LogP contribution < -0.4 is 5.56 Å². The molecule has 2 aromatic heterocycles. The van der Waals surface area contributed by atoms with E-state index in [-0.39, 0.29) is 18.0 Å². The minimum atomic E-state index is -0.174. The summed E-state index contributed by atoms with van der Waals surface area (Å²) >= 11 is 1.37. The number of nitrogens with one attached hydrogen (secondary N) is 1. The Labute approximate surface area is 122 Å². The van der Waals surface area contributed by atoms with Crippen molar-refractivity contribution in [3.05, 3.63) is 46.6 Å². The lowest BCUT2D eigenvalue weighted by Crippen LogP contribution is -2.14. The van der Waals surface area contributed by atoms with Gasteiger partial charge < -0.3 is 4.98 Å². The molecule has 0 radical (unpaired) electrons. The van der Waals surface area contributed by atoms with Crippen molar-refractivity contribution in [1.82, 2.24) is 24.7 Å². The molecule has 4 heterocycles. The molecule has 6 nitrogen and oxygen atoms in total. The average Bonchev–Trinajstić information content (AvgIpc) is 3.07. The topological polar surface area (TPSA) is 76.5 Å². The van der Waals surface area contributed by atoms with Crippen LogP contribution in [0.2, 0.25) is 0 Å². The van der Waals surface area contributed by atoms with E-state index in [9.17, 15) is 4.79 Å². The van der Waals surface area contributed by atoms with Crippen LogP contribution in [0, 0.1) is 0 Å². The number of fused-ring (bicyclic) bond motifs is 3. The fraction of sp³-hybridized carbons (Fsp3) is 0. The number of thiazole rings is 1. The number of nitrogens with zero attached hydrogens (tertiary/aromatic N) is 4. The van der Waals surface area contributed by atoms with E-state index in [0.717, 1.165) is 10.9 Å². The molecule has 0 bridgehead atoms. The second-order valence-electron chi connectivity index (χ2n) is 4.00. The molecular formula is C12H8ClN5OS. The van der Waals surface area contributed by atoms with E-state index in [1.165, 1.54) is 16.0 Å². The van der Waals surface area contributed by atoms with Crippen molar-refractivity contribution < 1.29 is 0 Å². The van der Waals surface area contributed by atoms with Gasteiger partial charge in [-0.3, -0.25) is 9.78 Å². The third-order valence-corrected chi connectivity index (χ3v) is 3.67. The lowest BCUT2D eigenvalue weighted by Gasteiger charge is -2.00. The SMILES string of the molecule is Cl.O=c1c2c[nH]c3ccncc3c-2nn1-c1nccs1. The van der Waals surface area contributed by atoms with E-state index >= 15 is 0 Å². The summed E-state index contributed by atoms with van der Waals surface area (Å²) in [4.78, 5) is 23.6. The second kappa shape index (κ2) is 4.69. The van der Waals surface area contributed by atoms with Crippen LogP contribution >= 0.6 is 23.7 Å². The summed E-state index contributed by atoms with van der Waals surface area (Å²) in [5.74, 6) is 0. The third-order valence-electron chi connectivity index (χ3n) is 2.93. The molecule has 0 saturated carbocycles. The Kier molecular flexibility index (Phi) is 3.00. The molecule has 2 aromatic rings. The van der Waals surface area contributed by atoms with Crippen LogP contribution in [0.4, 0.5) is 0 Å². The van der Waals surface area contributed by atoms with Gasteiger partial charge in [-0.1, -0.05) is 0 Å². The Morgan fingerprint density at radius 1 is 1.30 bits per heavy atom. The molecule has 0 fully saturated rings. The van der Waals surface area contributed by atoms with Gasteiger partial charge in [-0.05, 0) is 6.07 Å². The van der Waals surface area contributed by atoms with Gasteiger partial charge in [0.2, 0.25) is 5.13 Å². The van der Waals surface area contributed by atoms with Crippen LogP contribution in [0.25, 0.3) is 27.3 Å². The molecule has 0 aromatic carbocycles. The van der Waals surface area contributed by atoms with Crippen molar-refractivity contribution in [3.63, 3.8) is 0 Å². The van der Waals surface area contributed by atoms with E-state index in [2.05, 4.69) is 20.1 Å². The van der Waals surface area contributed by atoms with E-state index in [1.807, 2.05) is 11.4 Å². The predicted molar refractivity (Wildman–Crippen MR) is 79.0 cm³/mol. The van der Waals surface area contributed by atoms with Crippen LogP contribution in [0.3, 0.4) is 0 Å². The highest BCUT2D eigenvalue weighted by Crippen LogP contribution is 2.25. The number of aromatic amines is 1. The first-order valence-electron chi connectivity index (χ1n) is 5.58. The minimum Gasteiger partial charge on any atom is -0.360 e. The molecule has 0 unspecified atom stereocenters. The Balaban J connectivity index is 0.00000121. The molecule has 1 N–H and O–H groups in total. The van der Waals surface area contributed by atoms with Crippen molar-refractivity contribution in [1.29, 1.82) is 0 Å². The summed E-state index contributed by atoms with van der Waals surface area (Å²) in [6.07, 6.45) is 6.72. The summed E-state index contributed by atoms with van der Waals surface area (Å²) in [6, 6.07) is 1.85. The predicted octanol–water partition coefficient (Wildman–Crippen LogP) is 2.09. The van der Waals surface area contributed by atoms with Crippen LogP contribution in [-0.4, -0.2) is 24.7 Å². The smallest absolute Gasteiger partial charge is 0.284 e. The lowest BCUT2D eigenvalue weighted by atomic mass is 10.1. The highest BCUT2D eigenvalue weighted by Gasteiger charge is 2.19. The van der Waals surface area contributed by atoms with E-state index in [0.29, 0.717) is 16.4 Å². The van der Waals surface area contributed by atoms with Crippen molar-refractivity contribution in [2.24, 2.45) is 0 Å². The summed E-state index contributed by atoms with van der Waals surface area (Å²) < 4.78 is 1.33. The largest absolute Gasteiger partial charge is 0.360 e. The zero-order valence-electron chi connectivity index (χ0n) is 9.98. The maximum atomic E-state index is 12.3. The first-order chi connectivity index (χ1) is 9.34. The van der Waals surface area contributed by atoms with Gasteiger partial charge in [0, 0.05) is 35.6 Å². The van der Waals surface area contributed by atoms with Gasteiger partial charge in [0.05, 0.1) is 11.1 Å². The number of H-pyrrole nitrogens is 1. The van der Waals surface area contributed by atoms with Gasteiger partial charge in [0.25, 0.3) is 5.56 Å². The summed E-state index contributed by atoms with van der Waals surface area (Å²) in [5, 5.41) is 7.58. The molecule has 0 spiro atoms. The number of halogens is 1. The van der Waals surface area contributed by atoms with Gasteiger partial charge in [-0.2, -0.15) is 9.78 Å². The number of hydrogen-bond donors (Lipinski definition) is 1. The van der Waals surface area contributed by atoms with Crippen molar-refractivity contribution in [3.8, 4) is 16.4 Å². The fourth-order valence-corrected chi connectivity index (χ4v) is 2.64. The summed E-state index contributed by atoms with van der Waals surface area (Å²) in [5.41, 5.74) is 1.90. The quantitative estimate of drug-likeness (QED) is 0.584. The van der Waals surface area contributed by atoms with E-state index in [4.69, 9.17) is 0 Å². The first-order valence-corrected chi connectivity index (χ1v) is 6.46. The zero-order valence-corrected chi connectivity index (χ0v) is 11.6.